The minimum Gasteiger partial charge on any atom is -0.490 e. The third-order valence-electron chi connectivity index (χ3n) is 4.56. The highest BCUT2D eigenvalue weighted by Crippen LogP contribution is 2.29. The van der Waals surface area contributed by atoms with Crippen molar-refractivity contribution in [2.45, 2.75) is 19.6 Å². The molecule has 0 unspecified atom stereocenters. The fourth-order valence-electron chi connectivity index (χ4n) is 2.89. The number of carbonyl (C=O) groups is 1. The second kappa shape index (κ2) is 11.4. The van der Waals surface area contributed by atoms with Gasteiger partial charge >= 0.3 is 0 Å². The largest absolute Gasteiger partial charge is 0.490 e. The molecule has 0 saturated heterocycles. The third kappa shape index (κ3) is 6.62. The highest BCUT2D eigenvalue weighted by atomic mass is 16.6. The average Bonchev–Trinajstić information content (AvgIpc) is 2.84. The van der Waals surface area contributed by atoms with Crippen LogP contribution in [0, 0.1) is 10.1 Å². The van der Waals surface area contributed by atoms with Gasteiger partial charge in [-0.15, -0.1) is 0 Å². The summed E-state index contributed by atoms with van der Waals surface area (Å²) in [6, 6.07) is 19.8. The molecule has 2 N–H and O–H groups in total. The van der Waals surface area contributed by atoms with Crippen LogP contribution in [0.1, 0.15) is 29.7 Å². The minimum absolute atomic E-state index is 0.0146. The van der Waals surface area contributed by atoms with Gasteiger partial charge in [-0.2, -0.15) is 5.10 Å². The molecule has 3 aromatic carbocycles. The Balaban J connectivity index is 1.62. The summed E-state index contributed by atoms with van der Waals surface area (Å²) >= 11 is 0. The van der Waals surface area contributed by atoms with E-state index in [0.29, 0.717) is 29.2 Å². The first kappa shape index (κ1) is 23.4. The molecular weight excluding hydrogens is 426 g/mol. The molecule has 1 atom stereocenters. The van der Waals surface area contributed by atoms with Gasteiger partial charge in [0.15, 0.2) is 17.6 Å². The first-order valence-corrected chi connectivity index (χ1v) is 10.2. The number of benzene rings is 3. The predicted molar refractivity (Wildman–Crippen MR) is 122 cm³/mol. The zero-order valence-electron chi connectivity index (χ0n) is 17.9. The van der Waals surface area contributed by atoms with Crippen LogP contribution in [0.3, 0.4) is 0 Å². The molecule has 0 fully saturated rings. The molecule has 170 valence electrons. The molecule has 0 radical (unpaired) electrons. The van der Waals surface area contributed by atoms with E-state index in [0.717, 1.165) is 5.56 Å². The Kier molecular flexibility index (Phi) is 8.09. The summed E-state index contributed by atoms with van der Waals surface area (Å²) in [7, 11) is 0. The normalized spacial score (nSPS) is 11.7. The van der Waals surface area contributed by atoms with Gasteiger partial charge in [-0.1, -0.05) is 30.3 Å². The average molecular weight is 449 g/mol. The van der Waals surface area contributed by atoms with Gasteiger partial charge in [-0.25, -0.2) is 5.43 Å². The lowest BCUT2D eigenvalue weighted by molar-refractivity contribution is -0.384. The Morgan fingerprint density at radius 3 is 2.48 bits per heavy atom. The quantitative estimate of drug-likeness (QED) is 0.276. The number of rotatable bonds is 10. The van der Waals surface area contributed by atoms with E-state index in [4.69, 9.17) is 9.47 Å². The van der Waals surface area contributed by atoms with Crippen molar-refractivity contribution < 1.29 is 24.3 Å². The molecule has 0 aliphatic heterocycles. The summed E-state index contributed by atoms with van der Waals surface area (Å²) in [5.41, 5.74) is 4.22. The highest BCUT2D eigenvalue weighted by Gasteiger charge is 2.16. The van der Waals surface area contributed by atoms with Gasteiger partial charge in [0.1, 0.15) is 6.61 Å². The summed E-state index contributed by atoms with van der Waals surface area (Å²) in [6.07, 6.45) is 0.107. The van der Waals surface area contributed by atoms with E-state index < -0.39 is 16.9 Å². The third-order valence-corrected chi connectivity index (χ3v) is 4.56. The molecule has 0 aliphatic carbocycles. The van der Waals surface area contributed by atoms with Crippen LogP contribution >= 0.6 is 0 Å². The number of hydrogen-bond acceptors (Lipinski definition) is 7. The topological polar surface area (TPSA) is 123 Å². The van der Waals surface area contributed by atoms with Gasteiger partial charge in [0.25, 0.3) is 11.6 Å². The zero-order chi connectivity index (χ0) is 23.6. The number of non-ortho nitro benzene ring substituents is 1. The number of hydrazone groups is 1. The lowest BCUT2D eigenvalue weighted by atomic mass is 10.1. The van der Waals surface area contributed by atoms with E-state index in [9.17, 15) is 20.0 Å². The molecule has 3 aromatic rings. The summed E-state index contributed by atoms with van der Waals surface area (Å²) in [4.78, 5) is 22.4. The van der Waals surface area contributed by atoms with E-state index >= 15 is 0 Å². The Labute approximate surface area is 190 Å². The maximum absolute atomic E-state index is 12.1. The van der Waals surface area contributed by atoms with Crippen LogP contribution in [-0.4, -0.2) is 28.8 Å². The Morgan fingerprint density at radius 1 is 1.09 bits per heavy atom. The molecule has 0 bridgehead atoms. The van der Waals surface area contributed by atoms with Gasteiger partial charge in [0, 0.05) is 12.1 Å². The van der Waals surface area contributed by atoms with E-state index in [2.05, 4.69) is 10.5 Å². The van der Waals surface area contributed by atoms with Gasteiger partial charge in [0.05, 0.1) is 17.7 Å². The maximum Gasteiger partial charge on any atom is 0.273 e. The maximum atomic E-state index is 12.1. The van der Waals surface area contributed by atoms with Crippen molar-refractivity contribution in [3.05, 3.63) is 99.6 Å². The van der Waals surface area contributed by atoms with Crippen molar-refractivity contribution in [1.29, 1.82) is 0 Å². The molecular formula is C24H23N3O6. The second-order valence-corrected chi connectivity index (χ2v) is 6.90. The lowest BCUT2D eigenvalue weighted by Crippen LogP contribution is -2.25. The number of aliphatic hydroxyl groups is 1. The Bertz CT molecular complexity index is 1120. The monoisotopic (exact) mass is 449 g/mol. The van der Waals surface area contributed by atoms with Crippen molar-refractivity contribution >= 4 is 17.8 Å². The number of nitrogens with one attached hydrogen (secondary N) is 1. The second-order valence-electron chi connectivity index (χ2n) is 6.90. The first-order valence-electron chi connectivity index (χ1n) is 10.2. The molecule has 0 aliphatic rings. The number of nitro groups is 1. The van der Waals surface area contributed by atoms with E-state index in [-0.39, 0.29) is 12.3 Å². The van der Waals surface area contributed by atoms with Crippen LogP contribution in [0.25, 0.3) is 0 Å². The zero-order valence-corrected chi connectivity index (χ0v) is 17.9. The summed E-state index contributed by atoms with van der Waals surface area (Å²) in [6.45, 7) is 2.46. The number of ether oxygens (including phenoxy) is 2. The number of nitrogens with zero attached hydrogens (tertiary/aromatic N) is 2. The molecule has 3 rings (SSSR count). The predicted octanol–water partition coefficient (Wildman–Crippen LogP) is 3.76. The smallest absolute Gasteiger partial charge is 0.273 e. The number of hydrogen-bond donors (Lipinski definition) is 2. The van der Waals surface area contributed by atoms with Gasteiger partial charge in [0.2, 0.25) is 0 Å². The van der Waals surface area contributed by atoms with Gasteiger partial charge in [-0.3, -0.25) is 14.9 Å². The van der Waals surface area contributed by atoms with E-state index in [1.54, 1.807) is 60.7 Å². The molecule has 9 nitrogen and oxygen atoms in total. The SMILES string of the molecule is CCOc1cc(/C=N\NC(=O)[C@@H](O)c2ccccc2)ccc1OCc1ccc([N+](=O)[O-])cc1. The van der Waals surface area contributed by atoms with Crippen LogP contribution in [0.4, 0.5) is 5.69 Å². The lowest BCUT2D eigenvalue weighted by Gasteiger charge is -2.13. The molecule has 33 heavy (non-hydrogen) atoms. The molecule has 0 heterocycles. The molecule has 0 spiro atoms. The fourth-order valence-corrected chi connectivity index (χ4v) is 2.89. The van der Waals surface area contributed by atoms with Crippen LogP contribution in [0.5, 0.6) is 11.5 Å². The van der Waals surface area contributed by atoms with Crippen molar-refractivity contribution in [3.8, 4) is 11.5 Å². The van der Waals surface area contributed by atoms with E-state index in [1.165, 1.54) is 18.3 Å². The van der Waals surface area contributed by atoms with Crippen LogP contribution in [0.2, 0.25) is 0 Å². The summed E-state index contributed by atoms with van der Waals surface area (Å²) in [5.74, 6) is 0.334. The summed E-state index contributed by atoms with van der Waals surface area (Å²) < 4.78 is 11.4. The van der Waals surface area contributed by atoms with Crippen LogP contribution in [0.15, 0.2) is 77.9 Å². The minimum atomic E-state index is -1.32. The number of nitro benzene ring substituents is 1. The van der Waals surface area contributed by atoms with Crippen molar-refractivity contribution in [3.63, 3.8) is 0 Å². The molecule has 9 heteroatoms. The Morgan fingerprint density at radius 2 is 1.82 bits per heavy atom. The number of carbonyl (C=O) groups excluding carboxylic acids is 1. The summed E-state index contributed by atoms with van der Waals surface area (Å²) in [5, 5.41) is 24.7. The number of aliphatic hydroxyl groups excluding tert-OH is 1. The first-order chi connectivity index (χ1) is 16.0. The van der Waals surface area contributed by atoms with Gasteiger partial charge < -0.3 is 14.6 Å². The fraction of sp³-hybridized carbons (Fsp3) is 0.167. The highest BCUT2D eigenvalue weighted by molar-refractivity contribution is 5.85. The van der Waals surface area contributed by atoms with Crippen LogP contribution in [-0.2, 0) is 11.4 Å². The van der Waals surface area contributed by atoms with Crippen LogP contribution < -0.4 is 14.9 Å². The van der Waals surface area contributed by atoms with Crippen molar-refractivity contribution in [1.82, 2.24) is 5.43 Å². The molecule has 0 saturated carbocycles. The molecule has 0 aromatic heterocycles. The standard InChI is InChI=1S/C24H23N3O6/c1-2-32-22-14-18(15-25-26-24(29)23(28)19-6-4-3-5-7-19)10-13-21(22)33-16-17-8-11-20(12-9-17)27(30)31/h3-15,23,28H,2,16H2,1H3,(H,26,29)/b25-15-/t23-/m0/s1. The van der Waals surface area contributed by atoms with E-state index in [1.807, 2.05) is 6.92 Å². The Hall–Kier alpha value is -4.24. The van der Waals surface area contributed by atoms with Gasteiger partial charge in [-0.05, 0) is 53.9 Å². The van der Waals surface area contributed by atoms with Crippen molar-refractivity contribution in [2.75, 3.05) is 6.61 Å². The molecule has 1 amide bonds. The van der Waals surface area contributed by atoms with Crippen molar-refractivity contribution in [2.24, 2.45) is 5.10 Å². The number of amides is 1.